The summed E-state index contributed by atoms with van der Waals surface area (Å²) in [6.45, 7) is 4.14. The van der Waals surface area contributed by atoms with E-state index in [4.69, 9.17) is 5.73 Å². The maximum Gasteiger partial charge on any atom is 0.140 e. The molecule has 0 saturated carbocycles. The SMILES string of the molecule is Cc1ccc(N)c(C)c1-n1ccn2nc(-c3cccnc3)cc12. The number of aryl methyl sites for hydroxylation is 1. The Morgan fingerprint density at radius 2 is 1.96 bits per heavy atom. The highest BCUT2D eigenvalue weighted by Gasteiger charge is 2.13. The van der Waals surface area contributed by atoms with Crippen molar-refractivity contribution >= 4 is 11.3 Å². The van der Waals surface area contributed by atoms with E-state index in [0.29, 0.717) is 0 Å². The predicted octanol–water partition coefficient (Wildman–Crippen LogP) is 3.39. The lowest BCUT2D eigenvalue weighted by Crippen LogP contribution is -2.02. The van der Waals surface area contributed by atoms with Gasteiger partial charge < -0.3 is 5.73 Å². The number of nitrogens with two attached hydrogens (primary N) is 1. The van der Waals surface area contributed by atoms with Crippen LogP contribution in [0.25, 0.3) is 22.6 Å². The fourth-order valence-electron chi connectivity index (χ4n) is 2.95. The molecule has 3 aromatic heterocycles. The monoisotopic (exact) mass is 303 g/mol. The van der Waals surface area contributed by atoms with Crippen LogP contribution in [0.3, 0.4) is 0 Å². The molecule has 0 bridgehead atoms. The molecule has 0 fully saturated rings. The first-order valence-corrected chi connectivity index (χ1v) is 7.48. The van der Waals surface area contributed by atoms with Crippen LogP contribution >= 0.6 is 0 Å². The van der Waals surface area contributed by atoms with E-state index in [2.05, 4.69) is 27.6 Å². The van der Waals surface area contributed by atoms with Crippen LogP contribution in [-0.2, 0) is 0 Å². The van der Waals surface area contributed by atoms with Gasteiger partial charge in [0.25, 0.3) is 0 Å². The molecule has 0 unspecified atom stereocenters. The lowest BCUT2D eigenvalue weighted by molar-refractivity contribution is 0.966. The molecule has 1 aromatic carbocycles. The summed E-state index contributed by atoms with van der Waals surface area (Å²) in [5.74, 6) is 0. The van der Waals surface area contributed by atoms with E-state index in [0.717, 1.165) is 33.8 Å². The van der Waals surface area contributed by atoms with E-state index in [1.165, 1.54) is 5.56 Å². The average Bonchev–Trinajstić information content (AvgIpc) is 3.14. The molecular formula is C18H17N5. The predicted molar refractivity (Wildman–Crippen MR) is 91.6 cm³/mol. The van der Waals surface area contributed by atoms with E-state index in [1.807, 2.05) is 54.3 Å². The number of nitrogen functional groups attached to an aromatic ring is 1. The molecule has 0 amide bonds. The summed E-state index contributed by atoms with van der Waals surface area (Å²) in [5, 5.41) is 4.64. The van der Waals surface area contributed by atoms with Gasteiger partial charge in [-0.2, -0.15) is 5.10 Å². The van der Waals surface area contributed by atoms with Crippen LogP contribution in [0, 0.1) is 13.8 Å². The molecule has 0 aliphatic rings. The number of imidazole rings is 1. The highest BCUT2D eigenvalue weighted by atomic mass is 15.3. The van der Waals surface area contributed by atoms with Crippen molar-refractivity contribution in [2.24, 2.45) is 0 Å². The maximum absolute atomic E-state index is 6.09. The van der Waals surface area contributed by atoms with E-state index < -0.39 is 0 Å². The van der Waals surface area contributed by atoms with Crippen molar-refractivity contribution in [3.05, 3.63) is 66.2 Å². The van der Waals surface area contributed by atoms with Crippen molar-refractivity contribution in [2.45, 2.75) is 13.8 Å². The second kappa shape index (κ2) is 4.98. The first-order chi connectivity index (χ1) is 11.1. The third kappa shape index (κ3) is 2.09. The van der Waals surface area contributed by atoms with Gasteiger partial charge in [-0.25, -0.2) is 4.52 Å². The second-order valence-electron chi connectivity index (χ2n) is 5.69. The van der Waals surface area contributed by atoms with Crippen molar-refractivity contribution in [3.63, 3.8) is 0 Å². The van der Waals surface area contributed by atoms with Crippen LogP contribution in [0.2, 0.25) is 0 Å². The molecule has 114 valence electrons. The van der Waals surface area contributed by atoms with Crippen LogP contribution in [-0.4, -0.2) is 19.2 Å². The van der Waals surface area contributed by atoms with Gasteiger partial charge in [0.15, 0.2) is 0 Å². The summed E-state index contributed by atoms with van der Waals surface area (Å²) in [5.41, 5.74) is 13.2. The van der Waals surface area contributed by atoms with Gasteiger partial charge >= 0.3 is 0 Å². The zero-order chi connectivity index (χ0) is 16.0. The largest absolute Gasteiger partial charge is 0.398 e. The molecule has 0 aliphatic heterocycles. The van der Waals surface area contributed by atoms with Crippen LogP contribution in [0.5, 0.6) is 0 Å². The number of aromatic nitrogens is 4. The van der Waals surface area contributed by atoms with Gasteiger partial charge in [-0.05, 0) is 43.2 Å². The molecule has 0 atom stereocenters. The number of hydrogen-bond donors (Lipinski definition) is 1. The number of benzene rings is 1. The van der Waals surface area contributed by atoms with Crippen molar-refractivity contribution in [3.8, 4) is 16.9 Å². The van der Waals surface area contributed by atoms with Crippen LogP contribution in [0.1, 0.15) is 11.1 Å². The summed E-state index contributed by atoms with van der Waals surface area (Å²) in [4.78, 5) is 4.16. The van der Waals surface area contributed by atoms with Crippen LogP contribution < -0.4 is 5.73 Å². The number of nitrogens with zero attached hydrogens (tertiary/aromatic N) is 4. The molecule has 2 N–H and O–H groups in total. The molecule has 0 aliphatic carbocycles. The fraction of sp³-hybridized carbons (Fsp3) is 0.111. The first kappa shape index (κ1) is 13.6. The van der Waals surface area contributed by atoms with Gasteiger partial charge in [-0.3, -0.25) is 9.55 Å². The zero-order valence-corrected chi connectivity index (χ0v) is 13.1. The lowest BCUT2D eigenvalue weighted by Gasteiger charge is -2.13. The normalized spacial score (nSPS) is 11.2. The maximum atomic E-state index is 6.09. The summed E-state index contributed by atoms with van der Waals surface area (Å²) in [6, 6.07) is 9.99. The minimum Gasteiger partial charge on any atom is -0.398 e. The molecule has 23 heavy (non-hydrogen) atoms. The van der Waals surface area contributed by atoms with Gasteiger partial charge in [-0.1, -0.05) is 6.07 Å². The van der Waals surface area contributed by atoms with Gasteiger partial charge in [0.05, 0.1) is 11.4 Å². The van der Waals surface area contributed by atoms with Gasteiger partial charge in [0.2, 0.25) is 0 Å². The topological polar surface area (TPSA) is 61.1 Å². The first-order valence-electron chi connectivity index (χ1n) is 7.48. The molecule has 0 saturated heterocycles. The van der Waals surface area contributed by atoms with Gasteiger partial charge in [-0.15, -0.1) is 0 Å². The number of pyridine rings is 1. The highest BCUT2D eigenvalue weighted by molar-refractivity contribution is 5.68. The second-order valence-corrected chi connectivity index (χ2v) is 5.69. The number of fused-ring (bicyclic) bond motifs is 1. The third-order valence-electron chi connectivity index (χ3n) is 4.19. The Morgan fingerprint density at radius 3 is 2.74 bits per heavy atom. The number of anilines is 1. The number of rotatable bonds is 2. The molecule has 5 nitrogen and oxygen atoms in total. The summed E-state index contributed by atoms with van der Waals surface area (Å²) < 4.78 is 4.01. The molecular weight excluding hydrogens is 286 g/mol. The summed E-state index contributed by atoms with van der Waals surface area (Å²) in [7, 11) is 0. The Bertz CT molecular complexity index is 995. The Labute approximate surface area is 134 Å². The number of hydrogen-bond acceptors (Lipinski definition) is 3. The highest BCUT2D eigenvalue weighted by Crippen LogP contribution is 2.27. The summed E-state index contributed by atoms with van der Waals surface area (Å²) in [6.07, 6.45) is 7.56. The van der Waals surface area contributed by atoms with E-state index in [1.54, 1.807) is 6.20 Å². The third-order valence-corrected chi connectivity index (χ3v) is 4.19. The van der Waals surface area contributed by atoms with E-state index >= 15 is 0 Å². The summed E-state index contributed by atoms with van der Waals surface area (Å²) >= 11 is 0. The van der Waals surface area contributed by atoms with Crippen molar-refractivity contribution < 1.29 is 0 Å². The molecule has 4 rings (SSSR count). The van der Waals surface area contributed by atoms with Crippen molar-refractivity contribution in [2.75, 3.05) is 5.73 Å². The Hall–Kier alpha value is -3.08. The van der Waals surface area contributed by atoms with Crippen LogP contribution in [0.4, 0.5) is 5.69 Å². The van der Waals surface area contributed by atoms with Gasteiger partial charge in [0.1, 0.15) is 5.65 Å². The molecule has 0 spiro atoms. The quantitative estimate of drug-likeness (QED) is 0.577. The fourth-order valence-corrected chi connectivity index (χ4v) is 2.95. The zero-order valence-electron chi connectivity index (χ0n) is 13.1. The molecule has 4 aromatic rings. The minimum absolute atomic E-state index is 0.796. The van der Waals surface area contributed by atoms with Crippen molar-refractivity contribution in [1.82, 2.24) is 19.2 Å². The van der Waals surface area contributed by atoms with Gasteiger partial charge in [0, 0.05) is 42.1 Å². The van der Waals surface area contributed by atoms with E-state index in [9.17, 15) is 0 Å². The Balaban J connectivity index is 1.93. The smallest absolute Gasteiger partial charge is 0.140 e. The van der Waals surface area contributed by atoms with Crippen molar-refractivity contribution in [1.29, 1.82) is 0 Å². The molecule has 5 heteroatoms. The lowest BCUT2D eigenvalue weighted by atomic mass is 10.1. The van der Waals surface area contributed by atoms with Crippen LogP contribution in [0.15, 0.2) is 55.1 Å². The molecule has 0 radical (unpaired) electrons. The standard InChI is InChI=1S/C18H17N5/c1-12-5-6-15(19)13(2)18(12)22-8-9-23-17(22)10-16(21-23)14-4-3-7-20-11-14/h3-11H,19H2,1-2H3. The Morgan fingerprint density at radius 1 is 1.09 bits per heavy atom. The molecule has 3 heterocycles. The minimum atomic E-state index is 0.796. The van der Waals surface area contributed by atoms with E-state index in [-0.39, 0.29) is 0 Å². The Kier molecular flexibility index (Phi) is 2.94. The average molecular weight is 303 g/mol.